The molecule has 0 heterocycles. The summed E-state index contributed by atoms with van der Waals surface area (Å²) in [5, 5.41) is 22.4. The number of carboxylic acids is 1. The van der Waals surface area contributed by atoms with Gasteiger partial charge in [-0.15, -0.1) is 0 Å². The van der Waals surface area contributed by atoms with Crippen LogP contribution < -0.4 is 14.8 Å². The molecule has 0 aromatic heterocycles. The number of carboxylic acid groups (broad SMARTS) is 1. The lowest BCUT2D eigenvalue weighted by molar-refractivity contribution is -0.384. The van der Waals surface area contributed by atoms with Crippen LogP contribution in [0.25, 0.3) is 0 Å². The van der Waals surface area contributed by atoms with Gasteiger partial charge < -0.3 is 19.9 Å². The van der Waals surface area contributed by atoms with Crippen LogP contribution in [0.5, 0.6) is 11.5 Å². The number of carbonyl (C=O) groups excluding carboxylic acids is 1. The van der Waals surface area contributed by atoms with Gasteiger partial charge in [0.05, 0.1) is 17.6 Å². The number of nitrogens with zero attached hydrogens (tertiary/aromatic N) is 1. The molecule has 2 N–H and O–H groups in total. The lowest BCUT2D eigenvalue weighted by Gasteiger charge is -2.16. The largest absolute Gasteiger partial charge is 0.490 e. The molecular weight excluding hydrogens is 368 g/mol. The number of benzene rings is 2. The second-order valence-electron chi connectivity index (χ2n) is 5.82. The van der Waals surface area contributed by atoms with E-state index in [0.29, 0.717) is 12.2 Å². The van der Waals surface area contributed by atoms with E-state index in [0.717, 1.165) is 0 Å². The molecule has 1 amide bonds. The molecule has 148 valence electrons. The highest BCUT2D eigenvalue weighted by Crippen LogP contribution is 2.29. The zero-order valence-electron chi connectivity index (χ0n) is 15.4. The van der Waals surface area contributed by atoms with Crippen molar-refractivity contribution in [1.29, 1.82) is 0 Å². The highest BCUT2D eigenvalue weighted by molar-refractivity contribution is 5.95. The summed E-state index contributed by atoms with van der Waals surface area (Å²) in [5.74, 6) is -1.08. The van der Waals surface area contributed by atoms with E-state index in [1.807, 2.05) is 0 Å². The number of rotatable bonds is 9. The fraction of sp³-hybridized carbons (Fsp3) is 0.263. The first-order chi connectivity index (χ1) is 13.3. The van der Waals surface area contributed by atoms with Gasteiger partial charge in [-0.2, -0.15) is 0 Å². The lowest BCUT2D eigenvalue weighted by Crippen LogP contribution is -2.26. The van der Waals surface area contributed by atoms with Crippen molar-refractivity contribution in [1.82, 2.24) is 5.32 Å². The monoisotopic (exact) mass is 388 g/mol. The molecule has 28 heavy (non-hydrogen) atoms. The van der Waals surface area contributed by atoms with E-state index in [-0.39, 0.29) is 22.7 Å². The molecule has 0 aliphatic heterocycles. The molecule has 0 saturated carbocycles. The molecule has 0 saturated heterocycles. The summed E-state index contributed by atoms with van der Waals surface area (Å²) in [5.41, 5.74) is 0.814. The summed E-state index contributed by atoms with van der Waals surface area (Å²) in [4.78, 5) is 33.6. The topological polar surface area (TPSA) is 128 Å². The van der Waals surface area contributed by atoms with E-state index in [1.54, 1.807) is 26.0 Å². The van der Waals surface area contributed by atoms with Crippen molar-refractivity contribution in [2.45, 2.75) is 19.9 Å². The molecule has 9 heteroatoms. The SMILES string of the molecule is CCOc1cc(C(=O)NC(C)c2cccc([N+](=O)[O-])c2)ccc1OCC(=O)O. The second kappa shape index (κ2) is 9.36. The number of hydrogen-bond acceptors (Lipinski definition) is 6. The number of nitro groups is 1. The molecule has 0 radical (unpaired) electrons. The Kier molecular flexibility index (Phi) is 6.91. The minimum absolute atomic E-state index is 0.0582. The van der Waals surface area contributed by atoms with Crippen molar-refractivity contribution in [3.63, 3.8) is 0 Å². The average molecular weight is 388 g/mol. The van der Waals surface area contributed by atoms with Crippen LogP contribution in [0.3, 0.4) is 0 Å². The Morgan fingerprint density at radius 3 is 2.57 bits per heavy atom. The molecule has 1 unspecified atom stereocenters. The van der Waals surface area contributed by atoms with Crippen molar-refractivity contribution in [2.24, 2.45) is 0 Å². The van der Waals surface area contributed by atoms with Gasteiger partial charge in [0.1, 0.15) is 0 Å². The van der Waals surface area contributed by atoms with E-state index in [9.17, 15) is 19.7 Å². The third kappa shape index (κ3) is 5.44. The highest BCUT2D eigenvalue weighted by atomic mass is 16.6. The van der Waals surface area contributed by atoms with Crippen LogP contribution in [0.4, 0.5) is 5.69 Å². The van der Waals surface area contributed by atoms with Crippen LogP contribution in [-0.2, 0) is 4.79 Å². The number of ether oxygens (including phenoxy) is 2. The average Bonchev–Trinajstić information content (AvgIpc) is 2.67. The Morgan fingerprint density at radius 2 is 1.93 bits per heavy atom. The number of nitrogens with one attached hydrogen (secondary N) is 1. The van der Waals surface area contributed by atoms with Crippen molar-refractivity contribution < 1.29 is 29.1 Å². The van der Waals surface area contributed by atoms with E-state index >= 15 is 0 Å². The zero-order valence-corrected chi connectivity index (χ0v) is 15.4. The summed E-state index contributed by atoms with van der Waals surface area (Å²) in [6, 6.07) is 9.95. The van der Waals surface area contributed by atoms with Gasteiger partial charge >= 0.3 is 5.97 Å². The van der Waals surface area contributed by atoms with Crippen LogP contribution in [0.1, 0.15) is 35.8 Å². The standard InChI is InChI=1S/C19H20N2O7/c1-3-27-17-10-14(7-8-16(17)28-11-18(22)23)19(24)20-12(2)13-5-4-6-15(9-13)21(25)26/h4-10,12H,3,11H2,1-2H3,(H,20,24)(H,22,23). The number of carbonyl (C=O) groups is 2. The maximum Gasteiger partial charge on any atom is 0.341 e. The van der Waals surface area contributed by atoms with Crippen LogP contribution in [0.15, 0.2) is 42.5 Å². The first-order valence-electron chi connectivity index (χ1n) is 8.48. The molecule has 9 nitrogen and oxygen atoms in total. The number of aliphatic carboxylic acids is 1. The van der Waals surface area contributed by atoms with Crippen molar-refractivity contribution in [3.05, 3.63) is 63.7 Å². The Balaban J connectivity index is 2.16. The molecule has 2 aromatic carbocycles. The van der Waals surface area contributed by atoms with Crippen LogP contribution >= 0.6 is 0 Å². The fourth-order valence-corrected chi connectivity index (χ4v) is 2.45. The molecule has 2 rings (SSSR count). The first-order valence-corrected chi connectivity index (χ1v) is 8.48. The molecule has 0 spiro atoms. The molecule has 1 atom stereocenters. The van der Waals surface area contributed by atoms with E-state index in [4.69, 9.17) is 14.6 Å². The van der Waals surface area contributed by atoms with Crippen LogP contribution in [-0.4, -0.2) is 35.1 Å². The minimum Gasteiger partial charge on any atom is -0.490 e. The van der Waals surface area contributed by atoms with Gasteiger partial charge in [0, 0.05) is 17.7 Å². The lowest BCUT2D eigenvalue weighted by atomic mass is 10.1. The number of amides is 1. The summed E-state index contributed by atoms with van der Waals surface area (Å²) < 4.78 is 10.6. The van der Waals surface area contributed by atoms with Gasteiger partial charge in [-0.05, 0) is 37.6 Å². The smallest absolute Gasteiger partial charge is 0.341 e. The van der Waals surface area contributed by atoms with E-state index in [2.05, 4.69) is 5.32 Å². The maximum atomic E-state index is 12.5. The van der Waals surface area contributed by atoms with Crippen LogP contribution in [0.2, 0.25) is 0 Å². The predicted octanol–water partition coefficient (Wildman–Crippen LogP) is 2.95. The van der Waals surface area contributed by atoms with Crippen molar-refractivity contribution in [3.8, 4) is 11.5 Å². The summed E-state index contributed by atoms with van der Waals surface area (Å²) in [7, 11) is 0. The summed E-state index contributed by atoms with van der Waals surface area (Å²) >= 11 is 0. The van der Waals surface area contributed by atoms with Gasteiger partial charge in [0.2, 0.25) is 0 Å². The van der Waals surface area contributed by atoms with Gasteiger partial charge in [0.15, 0.2) is 18.1 Å². The number of non-ortho nitro benzene ring substituents is 1. The third-order valence-corrected chi connectivity index (χ3v) is 3.79. The molecule has 0 fully saturated rings. The van der Waals surface area contributed by atoms with Gasteiger partial charge in [-0.25, -0.2) is 4.79 Å². The molecule has 2 aromatic rings. The van der Waals surface area contributed by atoms with Gasteiger partial charge in [-0.3, -0.25) is 14.9 Å². The Labute approximate surface area is 161 Å². The first kappa shape index (κ1) is 20.7. The molecule has 0 aliphatic carbocycles. The summed E-state index contributed by atoms with van der Waals surface area (Å²) in [6.07, 6.45) is 0. The third-order valence-electron chi connectivity index (χ3n) is 3.79. The Bertz CT molecular complexity index is 882. The molecule has 0 bridgehead atoms. The van der Waals surface area contributed by atoms with E-state index < -0.39 is 29.4 Å². The Morgan fingerprint density at radius 1 is 1.18 bits per heavy atom. The zero-order chi connectivity index (χ0) is 20.7. The van der Waals surface area contributed by atoms with Crippen molar-refractivity contribution in [2.75, 3.05) is 13.2 Å². The molecular formula is C19H20N2O7. The normalized spacial score (nSPS) is 11.4. The highest BCUT2D eigenvalue weighted by Gasteiger charge is 2.17. The molecule has 0 aliphatic rings. The van der Waals surface area contributed by atoms with Crippen molar-refractivity contribution >= 4 is 17.6 Å². The number of nitro benzene ring substituents is 1. The fourth-order valence-electron chi connectivity index (χ4n) is 2.45. The van der Waals surface area contributed by atoms with Gasteiger partial charge in [0.25, 0.3) is 11.6 Å². The summed E-state index contributed by atoms with van der Waals surface area (Å²) in [6.45, 7) is 3.23. The number of hydrogen-bond donors (Lipinski definition) is 2. The van der Waals surface area contributed by atoms with E-state index in [1.165, 1.54) is 30.3 Å². The quantitative estimate of drug-likeness (QED) is 0.499. The Hall–Kier alpha value is -3.62. The predicted molar refractivity (Wildman–Crippen MR) is 99.7 cm³/mol. The second-order valence-corrected chi connectivity index (χ2v) is 5.82. The maximum absolute atomic E-state index is 12.5. The minimum atomic E-state index is -1.13. The van der Waals surface area contributed by atoms with Crippen LogP contribution in [0, 0.1) is 10.1 Å². The van der Waals surface area contributed by atoms with Gasteiger partial charge in [-0.1, -0.05) is 12.1 Å².